The number of nitrogens with one attached hydrogen (secondary N) is 1. The first-order valence-corrected chi connectivity index (χ1v) is 5.27. The van der Waals surface area contributed by atoms with E-state index in [0.29, 0.717) is 17.4 Å². The van der Waals surface area contributed by atoms with Gasteiger partial charge in [0.2, 0.25) is 11.7 Å². The monoisotopic (exact) mass is 220 g/mol. The summed E-state index contributed by atoms with van der Waals surface area (Å²) in [5.41, 5.74) is 6.32. The van der Waals surface area contributed by atoms with Gasteiger partial charge in [0.1, 0.15) is 0 Å². The quantitative estimate of drug-likeness (QED) is 0.766. The van der Waals surface area contributed by atoms with Crippen LogP contribution in [0.25, 0.3) is 11.5 Å². The lowest BCUT2D eigenvalue weighted by Crippen LogP contribution is -2.33. The Kier molecular flexibility index (Phi) is 2.00. The van der Waals surface area contributed by atoms with Gasteiger partial charge in [0.25, 0.3) is 0 Å². The second-order valence-electron chi connectivity index (χ2n) is 4.14. The van der Waals surface area contributed by atoms with E-state index in [1.807, 2.05) is 0 Å². The smallest absolute Gasteiger partial charge is 0.247 e. The van der Waals surface area contributed by atoms with Gasteiger partial charge in [-0.25, -0.2) is 0 Å². The third-order valence-corrected chi connectivity index (χ3v) is 2.99. The van der Waals surface area contributed by atoms with E-state index in [9.17, 15) is 0 Å². The Morgan fingerprint density at radius 2 is 2.19 bits per heavy atom. The molecule has 7 heteroatoms. The van der Waals surface area contributed by atoms with Crippen molar-refractivity contribution in [3.8, 4) is 11.5 Å². The molecule has 0 saturated heterocycles. The molecule has 1 fully saturated rings. The Bertz CT molecular complexity index is 470. The number of aromatic nitrogens is 5. The van der Waals surface area contributed by atoms with Gasteiger partial charge < -0.3 is 10.3 Å². The van der Waals surface area contributed by atoms with E-state index >= 15 is 0 Å². The van der Waals surface area contributed by atoms with Gasteiger partial charge in [-0.05, 0) is 12.8 Å². The number of nitrogens with two attached hydrogens (primary N) is 1. The molecule has 7 nitrogen and oxygen atoms in total. The number of hydrogen-bond acceptors (Lipinski definition) is 6. The molecule has 0 atom stereocenters. The lowest BCUT2D eigenvalue weighted by atomic mass is 9.99. The fourth-order valence-corrected chi connectivity index (χ4v) is 2.06. The Morgan fingerprint density at radius 3 is 2.88 bits per heavy atom. The molecule has 2 aromatic heterocycles. The average Bonchev–Trinajstić information content (AvgIpc) is 2.98. The van der Waals surface area contributed by atoms with Gasteiger partial charge in [-0.15, -0.1) is 0 Å². The van der Waals surface area contributed by atoms with Crippen molar-refractivity contribution < 1.29 is 4.52 Å². The molecule has 2 aromatic rings. The molecule has 16 heavy (non-hydrogen) atoms. The number of hydrogen-bond donors (Lipinski definition) is 2. The number of rotatable bonds is 2. The molecule has 0 amide bonds. The molecular formula is C9H12N6O. The predicted molar refractivity (Wildman–Crippen MR) is 54.0 cm³/mol. The summed E-state index contributed by atoms with van der Waals surface area (Å²) in [5.74, 6) is 0.934. The molecule has 84 valence electrons. The van der Waals surface area contributed by atoms with Gasteiger partial charge in [-0.1, -0.05) is 18.0 Å². The number of H-pyrrole nitrogens is 1. The van der Waals surface area contributed by atoms with Crippen molar-refractivity contribution in [2.24, 2.45) is 5.73 Å². The molecule has 2 heterocycles. The van der Waals surface area contributed by atoms with E-state index in [0.717, 1.165) is 25.7 Å². The van der Waals surface area contributed by atoms with Crippen LogP contribution in [-0.4, -0.2) is 25.6 Å². The summed E-state index contributed by atoms with van der Waals surface area (Å²) in [5, 5.41) is 13.9. The van der Waals surface area contributed by atoms with Gasteiger partial charge >= 0.3 is 0 Å². The Morgan fingerprint density at radius 1 is 1.38 bits per heavy atom. The molecule has 1 saturated carbocycles. The largest absolute Gasteiger partial charge is 0.337 e. The summed E-state index contributed by atoms with van der Waals surface area (Å²) in [6.45, 7) is 0. The molecular weight excluding hydrogens is 208 g/mol. The standard InChI is InChI=1S/C9H12N6O/c10-9(3-1-2-4-9)8-12-7(14-16-8)6-5-11-15-13-6/h5H,1-4,10H2,(H,11,13,15). The minimum absolute atomic E-state index is 0.431. The minimum Gasteiger partial charge on any atom is -0.337 e. The van der Waals surface area contributed by atoms with Crippen LogP contribution in [-0.2, 0) is 5.54 Å². The fraction of sp³-hybridized carbons (Fsp3) is 0.556. The summed E-state index contributed by atoms with van der Waals surface area (Å²) in [4.78, 5) is 4.28. The summed E-state index contributed by atoms with van der Waals surface area (Å²) in [6, 6.07) is 0. The van der Waals surface area contributed by atoms with Crippen molar-refractivity contribution >= 4 is 0 Å². The van der Waals surface area contributed by atoms with Gasteiger partial charge in [0.05, 0.1) is 11.7 Å². The lowest BCUT2D eigenvalue weighted by Gasteiger charge is -2.16. The normalized spacial score (nSPS) is 19.1. The highest BCUT2D eigenvalue weighted by Crippen LogP contribution is 2.35. The van der Waals surface area contributed by atoms with Gasteiger partial charge in [-0.2, -0.15) is 20.4 Å². The van der Waals surface area contributed by atoms with Crippen molar-refractivity contribution in [1.82, 2.24) is 25.6 Å². The van der Waals surface area contributed by atoms with E-state index in [-0.39, 0.29) is 0 Å². The Hall–Kier alpha value is -1.76. The van der Waals surface area contributed by atoms with Crippen LogP contribution in [0.4, 0.5) is 0 Å². The Balaban J connectivity index is 1.93. The molecule has 0 bridgehead atoms. The van der Waals surface area contributed by atoms with E-state index in [1.165, 1.54) is 0 Å². The maximum atomic E-state index is 6.21. The minimum atomic E-state index is -0.449. The van der Waals surface area contributed by atoms with Crippen molar-refractivity contribution in [2.45, 2.75) is 31.2 Å². The molecule has 0 aliphatic heterocycles. The first-order valence-electron chi connectivity index (χ1n) is 5.27. The highest BCUT2D eigenvalue weighted by Gasteiger charge is 2.37. The molecule has 3 rings (SSSR count). The van der Waals surface area contributed by atoms with Crippen LogP contribution in [0.3, 0.4) is 0 Å². The van der Waals surface area contributed by atoms with Crippen molar-refractivity contribution in [1.29, 1.82) is 0 Å². The topological polar surface area (TPSA) is 107 Å². The lowest BCUT2D eigenvalue weighted by molar-refractivity contribution is 0.285. The first-order chi connectivity index (χ1) is 7.78. The van der Waals surface area contributed by atoms with Crippen molar-refractivity contribution in [3.05, 3.63) is 12.1 Å². The van der Waals surface area contributed by atoms with E-state index in [1.54, 1.807) is 6.20 Å². The Labute approximate surface area is 91.4 Å². The maximum absolute atomic E-state index is 6.21. The molecule has 3 N–H and O–H groups in total. The van der Waals surface area contributed by atoms with Gasteiger partial charge in [-0.3, -0.25) is 0 Å². The first kappa shape index (κ1) is 9.46. The van der Waals surface area contributed by atoms with E-state index in [2.05, 4.69) is 25.6 Å². The molecule has 0 aromatic carbocycles. The van der Waals surface area contributed by atoms with Crippen molar-refractivity contribution in [3.63, 3.8) is 0 Å². The zero-order chi connectivity index (χ0) is 11.0. The highest BCUT2D eigenvalue weighted by molar-refractivity contribution is 5.45. The SMILES string of the molecule is NC1(c2nc(-c3cn[nH]n3)no2)CCCC1. The molecule has 0 spiro atoms. The van der Waals surface area contributed by atoms with Crippen LogP contribution >= 0.6 is 0 Å². The van der Waals surface area contributed by atoms with Crippen LogP contribution in [0.5, 0.6) is 0 Å². The van der Waals surface area contributed by atoms with Crippen LogP contribution in [0.2, 0.25) is 0 Å². The third-order valence-electron chi connectivity index (χ3n) is 2.99. The molecule has 0 unspecified atom stereocenters. The van der Waals surface area contributed by atoms with E-state index < -0.39 is 5.54 Å². The molecule has 1 aliphatic carbocycles. The van der Waals surface area contributed by atoms with E-state index in [4.69, 9.17) is 10.3 Å². The highest BCUT2D eigenvalue weighted by atomic mass is 16.5. The molecule has 1 aliphatic rings. The zero-order valence-corrected chi connectivity index (χ0v) is 8.68. The summed E-state index contributed by atoms with van der Waals surface area (Å²) in [6.07, 6.45) is 5.56. The summed E-state index contributed by atoms with van der Waals surface area (Å²) in [7, 11) is 0. The second-order valence-corrected chi connectivity index (χ2v) is 4.14. The van der Waals surface area contributed by atoms with Crippen LogP contribution < -0.4 is 5.73 Å². The number of aromatic amines is 1. The average molecular weight is 220 g/mol. The summed E-state index contributed by atoms with van der Waals surface area (Å²) < 4.78 is 5.21. The van der Waals surface area contributed by atoms with Crippen LogP contribution in [0, 0.1) is 0 Å². The number of nitrogens with zero attached hydrogens (tertiary/aromatic N) is 4. The van der Waals surface area contributed by atoms with Crippen molar-refractivity contribution in [2.75, 3.05) is 0 Å². The van der Waals surface area contributed by atoms with Gasteiger partial charge in [0.15, 0.2) is 5.69 Å². The fourth-order valence-electron chi connectivity index (χ4n) is 2.06. The second kappa shape index (κ2) is 3.38. The third kappa shape index (κ3) is 1.40. The predicted octanol–water partition coefficient (Wildman–Crippen LogP) is 0.583. The van der Waals surface area contributed by atoms with Crippen LogP contribution in [0.1, 0.15) is 31.6 Å². The van der Waals surface area contributed by atoms with Gasteiger partial charge in [0, 0.05) is 0 Å². The molecule has 0 radical (unpaired) electrons. The maximum Gasteiger partial charge on any atom is 0.247 e. The van der Waals surface area contributed by atoms with Crippen LogP contribution in [0.15, 0.2) is 10.7 Å². The zero-order valence-electron chi connectivity index (χ0n) is 8.68. The summed E-state index contributed by atoms with van der Waals surface area (Å²) >= 11 is 0.